The van der Waals surface area contributed by atoms with Gasteiger partial charge in [0.2, 0.25) is 0 Å². The summed E-state index contributed by atoms with van der Waals surface area (Å²) in [5.74, 6) is -0.795. The molecule has 43 heavy (non-hydrogen) atoms. The van der Waals surface area contributed by atoms with Crippen LogP contribution in [0.5, 0.6) is 6.01 Å². The lowest BCUT2D eigenvalue weighted by Gasteiger charge is -2.47. The molecule has 4 saturated heterocycles. The fraction of sp³-hybridized carbons (Fsp3) is 0.515. The van der Waals surface area contributed by atoms with Crippen molar-refractivity contribution in [2.75, 3.05) is 37.7 Å². The van der Waals surface area contributed by atoms with E-state index in [1.807, 2.05) is 12.4 Å². The van der Waals surface area contributed by atoms with Gasteiger partial charge in [-0.1, -0.05) is 12.6 Å². The molecule has 0 N–H and O–H groups in total. The number of fused-ring (bicyclic) bond motifs is 4. The number of carbonyl (C=O) groups excluding carboxylic acids is 1. The number of aryl methyl sites for hydroxylation is 1. The van der Waals surface area contributed by atoms with Crippen molar-refractivity contribution in [2.24, 2.45) is 0 Å². The lowest BCUT2D eigenvalue weighted by molar-refractivity contribution is -0.130. The van der Waals surface area contributed by atoms with Crippen LogP contribution in [0.4, 0.5) is 14.6 Å². The molecule has 5 aliphatic rings. The Morgan fingerprint density at radius 3 is 2.86 bits per heavy atom. The zero-order chi connectivity index (χ0) is 29.3. The lowest BCUT2D eigenvalue weighted by Crippen LogP contribution is -2.63. The first-order chi connectivity index (χ1) is 20.9. The van der Waals surface area contributed by atoms with Gasteiger partial charge in [0.1, 0.15) is 18.6 Å². The molecule has 0 spiro atoms. The maximum atomic E-state index is 14.4. The minimum Gasteiger partial charge on any atom is -0.461 e. The summed E-state index contributed by atoms with van der Waals surface area (Å²) in [6.07, 6.45) is 10.7. The zero-order valence-corrected chi connectivity index (χ0v) is 24.3. The molecule has 4 atom stereocenters. The molecule has 3 aromatic rings. The first-order valence-corrected chi connectivity index (χ1v) is 15.6. The van der Waals surface area contributed by atoms with E-state index in [4.69, 9.17) is 14.7 Å². The number of amides is 1. The third kappa shape index (κ3) is 4.39. The van der Waals surface area contributed by atoms with Gasteiger partial charge in [-0.2, -0.15) is 9.97 Å². The van der Waals surface area contributed by atoms with Crippen LogP contribution in [-0.2, 0) is 17.6 Å². The molecule has 6 heterocycles. The van der Waals surface area contributed by atoms with Crippen molar-refractivity contribution in [2.45, 2.75) is 75.2 Å². The van der Waals surface area contributed by atoms with Gasteiger partial charge in [-0.15, -0.1) is 0 Å². The number of hydrogen-bond acceptors (Lipinski definition) is 7. The van der Waals surface area contributed by atoms with E-state index in [0.717, 1.165) is 66.5 Å². The van der Waals surface area contributed by atoms with Gasteiger partial charge in [0.05, 0.1) is 23.1 Å². The lowest BCUT2D eigenvalue weighted by atomic mass is 9.87. The van der Waals surface area contributed by atoms with Crippen LogP contribution in [0, 0.1) is 0 Å². The van der Waals surface area contributed by atoms with Crippen LogP contribution in [0.25, 0.3) is 22.0 Å². The van der Waals surface area contributed by atoms with Gasteiger partial charge in [-0.25, -0.2) is 8.78 Å². The summed E-state index contributed by atoms with van der Waals surface area (Å²) in [5, 5.41) is 0.900. The number of pyridine rings is 1. The highest BCUT2D eigenvalue weighted by Crippen LogP contribution is 2.43. The minimum absolute atomic E-state index is 0.0327. The number of likely N-dealkylation sites (tertiary alicyclic amines) is 1. The number of hydrogen-bond donors (Lipinski definition) is 0. The number of rotatable bonds is 6. The van der Waals surface area contributed by atoms with Gasteiger partial charge in [0, 0.05) is 49.4 Å². The molecule has 0 radical (unpaired) electrons. The Hall–Kier alpha value is -3.66. The summed E-state index contributed by atoms with van der Waals surface area (Å²) in [6.45, 7) is 5.95. The van der Waals surface area contributed by atoms with E-state index in [9.17, 15) is 13.6 Å². The van der Waals surface area contributed by atoms with Crippen LogP contribution >= 0.6 is 0 Å². The molecule has 224 valence electrons. The third-order valence-corrected chi connectivity index (χ3v) is 10.5. The summed E-state index contributed by atoms with van der Waals surface area (Å²) < 4.78 is 34.5. The van der Waals surface area contributed by atoms with E-state index in [0.29, 0.717) is 32.7 Å². The molecular formula is C33H36F2N6O2. The molecule has 0 unspecified atom stereocenters. The van der Waals surface area contributed by atoms with Crippen molar-refractivity contribution in [1.29, 1.82) is 0 Å². The van der Waals surface area contributed by atoms with Gasteiger partial charge in [-0.3, -0.25) is 14.7 Å². The average molecular weight is 587 g/mol. The van der Waals surface area contributed by atoms with Crippen molar-refractivity contribution in [1.82, 2.24) is 24.8 Å². The molecule has 2 aromatic heterocycles. The van der Waals surface area contributed by atoms with E-state index in [-0.39, 0.29) is 23.6 Å². The van der Waals surface area contributed by atoms with E-state index in [1.54, 1.807) is 4.90 Å². The van der Waals surface area contributed by atoms with Gasteiger partial charge in [0.25, 0.3) is 5.91 Å². The summed E-state index contributed by atoms with van der Waals surface area (Å²) in [4.78, 5) is 32.8. The van der Waals surface area contributed by atoms with Crippen molar-refractivity contribution in [3.05, 3.63) is 54.1 Å². The Morgan fingerprint density at radius 2 is 1.98 bits per heavy atom. The monoisotopic (exact) mass is 586 g/mol. The summed E-state index contributed by atoms with van der Waals surface area (Å²) >= 11 is 0. The van der Waals surface area contributed by atoms with Crippen molar-refractivity contribution in [3.8, 4) is 17.1 Å². The molecule has 10 heteroatoms. The van der Waals surface area contributed by atoms with Crippen LogP contribution in [0.15, 0.2) is 43.0 Å². The number of nitrogens with zero attached hydrogens (tertiary/aromatic N) is 6. The maximum absolute atomic E-state index is 14.4. The van der Waals surface area contributed by atoms with Gasteiger partial charge in [-0.05, 0) is 80.3 Å². The van der Waals surface area contributed by atoms with Crippen LogP contribution < -0.4 is 9.64 Å². The number of anilines is 1. The topological polar surface area (TPSA) is 74.7 Å². The molecule has 0 saturated carbocycles. The highest BCUT2D eigenvalue weighted by molar-refractivity contribution is 5.95. The van der Waals surface area contributed by atoms with Gasteiger partial charge >= 0.3 is 6.01 Å². The maximum Gasteiger partial charge on any atom is 0.319 e. The predicted octanol–water partition coefficient (Wildman–Crippen LogP) is 4.80. The second-order valence-electron chi connectivity index (χ2n) is 12.9. The number of halogens is 2. The van der Waals surface area contributed by atoms with Crippen molar-refractivity contribution in [3.63, 3.8) is 0 Å². The number of ether oxygens (including phenoxy) is 1. The molecule has 8 nitrogen and oxygen atoms in total. The van der Waals surface area contributed by atoms with Crippen molar-refractivity contribution < 1.29 is 18.3 Å². The Labute approximate surface area is 249 Å². The SMILES string of the molecule is C=C(F)C(=O)N1CC[C@@H]2[C@H]1CN2c1nc(OC[C@@]23CCCN2C[C@H](F)C3)nc2cc(-c3cncc4c3CCCC4)ccc12. The van der Waals surface area contributed by atoms with Gasteiger partial charge < -0.3 is 14.5 Å². The Morgan fingerprint density at radius 1 is 1.09 bits per heavy atom. The molecule has 8 rings (SSSR count). The first kappa shape index (κ1) is 26.9. The van der Waals surface area contributed by atoms with E-state index >= 15 is 0 Å². The number of benzene rings is 1. The van der Waals surface area contributed by atoms with E-state index in [2.05, 4.69) is 39.6 Å². The number of alkyl halides is 1. The Balaban J connectivity index is 1.16. The average Bonchev–Trinajstić information content (AvgIpc) is 3.64. The molecule has 4 fully saturated rings. The van der Waals surface area contributed by atoms with Crippen molar-refractivity contribution >= 4 is 22.6 Å². The molecule has 4 aliphatic heterocycles. The quantitative estimate of drug-likeness (QED) is 0.384. The molecule has 1 aromatic carbocycles. The smallest absolute Gasteiger partial charge is 0.319 e. The molecule has 1 amide bonds. The van der Waals surface area contributed by atoms with Crippen LogP contribution in [0.2, 0.25) is 0 Å². The highest BCUT2D eigenvalue weighted by atomic mass is 19.1. The second-order valence-corrected chi connectivity index (χ2v) is 12.9. The molecular weight excluding hydrogens is 550 g/mol. The first-order valence-electron chi connectivity index (χ1n) is 15.6. The van der Waals surface area contributed by atoms with Crippen LogP contribution in [0.3, 0.4) is 0 Å². The normalized spacial score (nSPS) is 28.0. The Bertz CT molecular complexity index is 1630. The Kier molecular flexibility index (Phi) is 6.40. The molecule has 0 bridgehead atoms. The van der Waals surface area contributed by atoms with E-state index < -0.39 is 17.9 Å². The highest BCUT2D eigenvalue weighted by Gasteiger charge is 2.51. The van der Waals surface area contributed by atoms with E-state index in [1.165, 1.54) is 24.0 Å². The zero-order valence-electron chi connectivity index (χ0n) is 24.3. The van der Waals surface area contributed by atoms with Gasteiger partial charge in [0.15, 0.2) is 5.83 Å². The molecule has 1 aliphatic carbocycles. The third-order valence-electron chi connectivity index (χ3n) is 10.5. The van der Waals surface area contributed by atoms with Crippen LogP contribution in [0.1, 0.15) is 49.7 Å². The van der Waals surface area contributed by atoms with Crippen LogP contribution in [-0.4, -0.2) is 87.2 Å². The second kappa shape index (κ2) is 10.2. The fourth-order valence-corrected chi connectivity index (χ4v) is 8.37. The number of carbonyl (C=O) groups is 1. The summed E-state index contributed by atoms with van der Waals surface area (Å²) in [5.41, 5.74) is 5.35. The summed E-state index contributed by atoms with van der Waals surface area (Å²) in [7, 11) is 0. The predicted molar refractivity (Wildman–Crippen MR) is 159 cm³/mol. The standard InChI is InChI=1S/C33H36F2N6O2/c1-20(34)31(42)40-12-9-28-29(40)18-41(28)30-25-8-7-21(26-16-36-15-22-5-2-3-6-24(22)26)13-27(25)37-32(38-30)43-19-33-10-4-11-39(33)17-23(35)14-33/h7-8,13,15-16,23,28-29H,1-6,9-12,14,17-19H2/t23-,28-,29-,33+/m1/s1. The number of aromatic nitrogens is 3. The summed E-state index contributed by atoms with van der Waals surface area (Å²) in [6, 6.07) is 6.52. The largest absolute Gasteiger partial charge is 0.461 e. The fourth-order valence-electron chi connectivity index (χ4n) is 8.37. The minimum atomic E-state index is -0.921.